The van der Waals surface area contributed by atoms with E-state index in [1.165, 1.54) is 17.0 Å². The number of likely N-dealkylation sites (tertiary alicyclic amines) is 1. The quantitative estimate of drug-likeness (QED) is 0.756. The van der Waals surface area contributed by atoms with Crippen molar-refractivity contribution in [3.05, 3.63) is 30.1 Å². The van der Waals surface area contributed by atoms with Gasteiger partial charge in [0.15, 0.2) is 0 Å². The average Bonchev–Trinajstić information content (AvgIpc) is 2.94. The molecule has 0 radical (unpaired) electrons. The lowest BCUT2D eigenvalue weighted by molar-refractivity contribution is -0.142. The molecule has 29 heavy (non-hydrogen) atoms. The van der Waals surface area contributed by atoms with Crippen LogP contribution in [0.1, 0.15) is 25.7 Å². The summed E-state index contributed by atoms with van der Waals surface area (Å²) in [5, 5.41) is 2.71. The van der Waals surface area contributed by atoms with Crippen molar-refractivity contribution in [1.29, 1.82) is 0 Å². The summed E-state index contributed by atoms with van der Waals surface area (Å²) in [6.07, 6.45) is 3.73. The number of carbonyl (C=O) groups is 3. The second kappa shape index (κ2) is 8.59. The molecule has 1 N–H and O–H groups in total. The summed E-state index contributed by atoms with van der Waals surface area (Å²) in [6.45, 7) is 3.34. The number of imide groups is 1. The van der Waals surface area contributed by atoms with Gasteiger partial charge in [-0.05, 0) is 31.0 Å². The van der Waals surface area contributed by atoms with Gasteiger partial charge < -0.3 is 5.32 Å². The first kappa shape index (κ1) is 20.0. The van der Waals surface area contributed by atoms with Gasteiger partial charge in [-0.1, -0.05) is 18.9 Å². The zero-order valence-corrected chi connectivity index (χ0v) is 16.5. The van der Waals surface area contributed by atoms with E-state index in [9.17, 15) is 18.8 Å². The van der Waals surface area contributed by atoms with Crippen LogP contribution in [0.5, 0.6) is 0 Å². The third-order valence-corrected chi connectivity index (χ3v) is 6.21. The summed E-state index contributed by atoms with van der Waals surface area (Å²) >= 11 is 0. The molecule has 2 atom stereocenters. The van der Waals surface area contributed by atoms with E-state index in [-0.39, 0.29) is 41.9 Å². The number of carbonyl (C=O) groups excluding carboxylic acids is 3. The molecule has 1 aromatic rings. The van der Waals surface area contributed by atoms with E-state index in [1.807, 2.05) is 4.90 Å². The summed E-state index contributed by atoms with van der Waals surface area (Å²) in [4.78, 5) is 43.0. The van der Waals surface area contributed by atoms with Crippen molar-refractivity contribution >= 4 is 23.4 Å². The molecule has 2 heterocycles. The molecule has 0 bridgehead atoms. The van der Waals surface area contributed by atoms with Crippen LogP contribution in [0.4, 0.5) is 10.1 Å². The van der Waals surface area contributed by atoms with Crippen LogP contribution in [0.2, 0.25) is 0 Å². The van der Waals surface area contributed by atoms with Crippen molar-refractivity contribution in [2.75, 3.05) is 44.7 Å². The molecule has 156 valence electrons. The number of piperazine rings is 1. The Morgan fingerprint density at radius 2 is 1.62 bits per heavy atom. The molecular weight excluding hydrogens is 375 g/mol. The Balaban J connectivity index is 1.24. The highest BCUT2D eigenvalue weighted by atomic mass is 19.1. The highest BCUT2D eigenvalue weighted by molar-refractivity contribution is 6.05. The van der Waals surface area contributed by atoms with Crippen LogP contribution in [-0.4, -0.2) is 71.8 Å². The van der Waals surface area contributed by atoms with Gasteiger partial charge in [0.05, 0.1) is 25.0 Å². The maximum absolute atomic E-state index is 13.2. The maximum atomic E-state index is 13.2. The van der Waals surface area contributed by atoms with Gasteiger partial charge in [0.2, 0.25) is 17.7 Å². The summed E-state index contributed by atoms with van der Waals surface area (Å²) < 4.78 is 13.2. The van der Waals surface area contributed by atoms with Crippen molar-refractivity contribution in [3.63, 3.8) is 0 Å². The predicted molar refractivity (Wildman–Crippen MR) is 105 cm³/mol. The number of anilines is 1. The van der Waals surface area contributed by atoms with Crippen molar-refractivity contribution in [3.8, 4) is 0 Å². The number of hydrogen-bond acceptors (Lipinski definition) is 5. The van der Waals surface area contributed by atoms with E-state index >= 15 is 0 Å². The van der Waals surface area contributed by atoms with Crippen molar-refractivity contribution in [2.45, 2.75) is 25.7 Å². The monoisotopic (exact) mass is 402 g/mol. The lowest BCUT2D eigenvalue weighted by Crippen LogP contribution is -2.52. The van der Waals surface area contributed by atoms with E-state index in [0.717, 1.165) is 25.7 Å². The van der Waals surface area contributed by atoms with Gasteiger partial charge in [-0.2, -0.15) is 0 Å². The molecule has 3 aliphatic rings. The normalized spacial score (nSPS) is 25.9. The van der Waals surface area contributed by atoms with Gasteiger partial charge >= 0.3 is 0 Å². The summed E-state index contributed by atoms with van der Waals surface area (Å²) in [5.41, 5.74) is 0.446. The van der Waals surface area contributed by atoms with Gasteiger partial charge in [-0.25, -0.2) is 4.39 Å². The zero-order valence-electron chi connectivity index (χ0n) is 16.5. The zero-order chi connectivity index (χ0) is 20.4. The van der Waals surface area contributed by atoms with Crippen LogP contribution < -0.4 is 5.32 Å². The molecule has 0 aromatic heterocycles. The van der Waals surface area contributed by atoms with Gasteiger partial charge in [0.25, 0.3) is 0 Å². The Morgan fingerprint density at radius 1 is 1.00 bits per heavy atom. The van der Waals surface area contributed by atoms with Crippen molar-refractivity contribution in [2.24, 2.45) is 11.8 Å². The highest BCUT2D eigenvalue weighted by Crippen LogP contribution is 2.38. The third-order valence-electron chi connectivity index (χ3n) is 6.21. The minimum absolute atomic E-state index is 0.00315. The first-order chi connectivity index (χ1) is 14.0. The molecule has 2 aliphatic heterocycles. The van der Waals surface area contributed by atoms with Crippen LogP contribution >= 0.6 is 0 Å². The molecule has 4 rings (SSSR count). The first-order valence-electron chi connectivity index (χ1n) is 10.4. The SMILES string of the molecule is O=C(CN1CCN(CN2C(=O)C3CCCCC3C2=O)CC1)Nc1cccc(F)c1. The second-order valence-electron chi connectivity index (χ2n) is 8.20. The third kappa shape index (κ3) is 4.48. The Kier molecular flexibility index (Phi) is 5.91. The Labute approximate surface area is 169 Å². The first-order valence-corrected chi connectivity index (χ1v) is 10.4. The Bertz CT molecular complexity index is 770. The molecule has 3 fully saturated rings. The largest absolute Gasteiger partial charge is 0.325 e. The molecule has 2 unspecified atom stereocenters. The van der Waals surface area contributed by atoms with E-state index in [4.69, 9.17) is 0 Å². The molecule has 2 saturated heterocycles. The average molecular weight is 402 g/mol. The molecule has 0 spiro atoms. The highest BCUT2D eigenvalue weighted by Gasteiger charge is 2.48. The predicted octanol–water partition coefficient (Wildman–Crippen LogP) is 1.51. The fourth-order valence-corrected chi connectivity index (χ4v) is 4.63. The topological polar surface area (TPSA) is 73.0 Å². The minimum Gasteiger partial charge on any atom is -0.325 e. The smallest absolute Gasteiger partial charge is 0.238 e. The van der Waals surface area contributed by atoms with Crippen molar-refractivity contribution in [1.82, 2.24) is 14.7 Å². The number of hydrogen-bond donors (Lipinski definition) is 1. The fourth-order valence-electron chi connectivity index (χ4n) is 4.63. The number of amides is 3. The van der Waals surface area contributed by atoms with Crippen molar-refractivity contribution < 1.29 is 18.8 Å². The Morgan fingerprint density at radius 3 is 2.24 bits per heavy atom. The van der Waals surface area contributed by atoms with E-state index in [1.54, 1.807) is 12.1 Å². The number of nitrogens with zero attached hydrogens (tertiary/aromatic N) is 3. The molecule has 1 aromatic carbocycles. The number of nitrogens with one attached hydrogen (secondary N) is 1. The molecule has 7 nitrogen and oxygen atoms in total. The van der Waals surface area contributed by atoms with Gasteiger partial charge in [0, 0.05) is 31.9 Å². The lowest BCUT2D eigenvalue weighted by Gasteiger charge is -2.35. The molecular formula is C21H27FN4O3. The van der Waals surface area contributed by atoms with Crippen LogP contribution in [0, 0.1) is 17.7 Å². The summed E-state index contributed by atoms with van der Waals surface area (Å²) in [5.74, 6) is -0.790. The second-order valence-corrected chi connectivity index (χ2v) is 8.20. The summed E-state index contributed by atoms with van der Waals surface area (Å²) in [7, 11) is 0. The van der Waals surface area contributed by atoms with E-state index in [0.29, 0.717) is 38.5 Å². The standard InChI is InChI=1S/C21H27FN4O3/c22-15-4-3-5-16(12-15)23-19(27)13-24-8-10-25(11-9-24)14-26-20(28)17-6-1-2-7-18(17)21(26)29/h3-5,12,17-18H,1-2,6-11,13-14H2,(H,23,27). The Hall–Kier alpha value is -2.32. The molecule has 8 heteroatoms. The number of benzene rings is 1. The van der Waals surface area contributed by atoms with Gasteiger partial charge in [-0.15, -0.1) is 0 Å². The fraction of sp³-hybridized carbons (Fsp3) is 0.571. The molecule has 3 amide bonds. The van der Waals surface area contributed by atoms with E-state index in [2.05, 4.69) is 10.2 Å². The van der Waals surface area contributed by atoms with Gasteiger partial charge in [-0.3, -0.25) is 29.1 Å². The van der Waals surface area contributed by atoms with Gasteiger partial charge in [0.1, 0.15) is 5.82 Å². The lowest BCUT2D eigenvalue weighted by atomic mass is 9.81. The van der Waals surface area contributed by atoms with Crippen LogP contribution in [0.25, 0.3) is 0 Å². The molecule has 1 aliphatic carbocycles. The number of rotatable bonds is 5. The minimum atomic E-state index is -0.387. The van der Waals surface area contributed by atoms with Crippen LogP contribution in [0.15, 0.2) is 24.3 Å². The van der Waals surface area contributed by atoms with Crippen LogP contribution in [-0.2, 0) is 14.4 Å². The summed E-state index contributed by atoms with van der Waals surface area (Å²) in [6, 6.07) is 5.83. The number of halogens is 1. The molecule has 1 saturated carbocycles. The number of fused-ring (bicyclic) bond motifs is 1. The van der Waals surface area contributed by atoms with Crippen LogP contribution in [0.3, 0.4) is 0 Å². The maximum Gasteiger partial charge on any atom is 0.238 e. The van der Waals surface area contributed by atoms with E-state index < -0.39 is 0 Å².